The van der Waals surface area contributed by atoms with E-state index in [0.717, 1.165) is 29.9 Å². The van der Waals surface area contributed by atoms with Gasteiger partial charge in [-0.25, -0.2) is 14.6 Å². The van der Waals surface area contributed by atoms with Crippen molar-refractivity contribution >= 4 is 21.6 Å². The van der Waals surface area contributed by atoms with E-state index in [9.17, 15) is 0 Å². The minimum Gasteiger partial charge on any atom is -0.245 e. The minimum absolute atomic E-state index is 0.892. The van der Waals surface area contributed by atoms with E-state index in [-0.39, 0.29) is 0 Å². The van der Waals surface area contributed by atoms with Gasteiger partial charge in [0.05, 0.1) is 27.1 Å². The molecule has 0 bridgehead atoms. The molecule has 3 aromatic heterocycles. The number of hydrogen-bond donors (Lipinski definition) is 0. The van der Waals surface area contributed by atoms with Crippen molar-refractivity contribution in [3.8, 4) is 17.1 Å². The van der Waals surface area contributed by atoms with E-state index in [0.29, 0.717) is 0 Å². The van der Waals surface area contributed by atoms with E-state index in [1.165, 1.54) is 33.6 Å². The molecular formula is C19H16N4S. The fourth-order valence-electron chi connectivity index (χ4n) is 3.50. The molecule has 118 valence electrons. The molecule has 0 saturated heterocycles. The second kappa shape index (κ2) is 5.24. The molecule has 0 aliphatic heterocycles. The van der Waals surface area contributed by atoms with Crippen LogP contribution in [0.25, 0.3) is 27.3 Å². The van der Waals surface area contributed by atoms with E-state index in [4.69, 9.17) is 5.10 Å². The Morgan fingerprint density at radius 2 is 2.08 bits per heavy atom. The number of aryl methyl sites for hydroxylation is 2. The number of nitrogens with zero attached hydrogens (tertiary/aromatic N) is 4. The molecule has 0 atom stereocenters. The number of benzene rings is 1. The highest BCUT2D eigenvalue weighted by Gasteiger charge is 2.24. The molecule has 4 aromatic rings. The van der Waals surface area contributed by atoms with Gasteiger partial charge < -0.3 is 0 Å². The highest BCUT2D eigenvalue weighted by atomic mass is 32.1. The molecule has 3 heterocycles. The lowest BCUT2D eigenvalue weighted by Gasteiger charge is -2.10. The number of pyridine rings is 1. The summed E-state index contributed by atoms with van der Waals surface area (Å²) in [6.45, 7) is 2.02. The Morgan fingerprint density at radius 1 is 1.12 bits per heavy atom. The Balaban J connectivity index is 1.77. The van der Waals surface area contributed by atoms with Crippen LogP contribution in [0.15, 0.2) is 41.9 Å². The van der Waals surface area contributed by atoms with Gasteiger partial charge in [-0.3, -0.25) is 0 Å². The van der Waals surface area contributed by atoms with Crippen LogP contribution in [0, 0.1) is 6.92 Å². The van der Waals surface area contributed by atoms with Gasteiger partial charge in [-0.15, -0.1) is 11.3 Å². The number of thiazole rings is 1. The third-order valence-electron chi connectivity index (χ3n) is 4.60. The molecule has 0 fully saturated rings. The molecule has 1 aliphatic carbocycles. The summed E-state index contributed by atoms with van der Waals surface area (Å²) in [5.41, 5.74) is 8.95. The smallest absolute Gasteiger partial charge is 0.154 e. The number of rotatable bonds is 2. The molecule has 0 spiro atoms. The zero-order valence-corrected chi connectivity index (χ0v) is 14.2. The molecule has 0 saturated carbocycles. The molecule has 1 aliphatic rings. The quantitative estimate of drug-likeness (QED) is 0.548. The topological polar surface area (TPSA) is 43.6 Å². The lowest BCUT2D eigenvalue weighted by Crippen LogP contribution is -2.04. The first kappa shape index (κ1) is 13.9. The summed E-state index contributed by atoms with van der Waals surface area (Å²) in [7, 11) is 0. The number of hydrogen-bond acceptors (Lipinski definition) is 4. The van der Waals surface area contributed by atoms with Crippen molar-refractivity contribution in [1.82, 2.24) is 19.7 Å². The second-order valence-electron chi connectivity index (χ2n) is 6.21. The maximum Gasteiger partial charge on any atom is 0.154 e. The average molecular weight is 332 g/mol. The first-order valence-corrected chi connectivity index (χ1v) is 9.06. The molecule has 5 heteroatoms. The van der Waals surface area contributed by atoms with E-state index in [2.05, 4.69) is 28.2 Å². The van der Waals surface area contributed by atoms with Crippen LogP contribution in [0.4, 0.5) is 0 Å². The summed E-state index contributed by atoms with van der Waals surface area (Å²) in [6.07, 6.45) is 3.34. The lowest BCUT2D eigenvalue weighted by atomic mass is 10.1. The lowest BCUT2D eigenvalue weighted by molar-refractivity contribution is 0.788. The van der Waals surface area contributed by atoms with Crippen molar-refractivity contribution in [1.29, 1.82) is 0 Å². The summed E-state index contributed by atoms with van der Waals surface area (Å²) < 4.78 is 3.24. The highest BCUT2D eigenvalue weighted by molar-refractivity contribution is 7.16. The third kappa shape index (κ3) is 2.08. The zero-order chi connectivity index (χ0) is 16.1. The van der Waals surface area contributed by atoms with Crippen molar-refractivity contribution < 1.29 is 0 Å². The largest absolute Gasteiger partial charge is 0.245 e. The van der Waals surface area contributed by atoms with Crippen LogP contribution in [0.1, 0.15) is 23.4 Å². The maximum absolute atomic E-state index is 4.89. The van der Waals surface area contributed by atoms with Gasteiger partial charge in [0, 0.05) is 16.8 Å². The monoisotopic (exact) mass is 332 g/mol. The molecule has 1 aromatic carbocycles. The first-order valence-electron chi connectivity index (χ1n) is 8.18. The minimum atomic E-state index is 0.892. The zero-order valence-electron chi connectivity index (χ0n) is 13.4. The normalized spacial score (nSPS) is 13.5. The van der Waals surface area contributed by atoms with Crippen molar-refractivity contribution in [2.75, 3.05) is 0 Å². The van der Waals surface area contributed by atoms with Crippen molar-refractivity contribution in [2.24, 2.45) is 0 Å². The van der Waals surface area contributed by atoms with Crippen LogP contribution in [-0.2, 0) is 12.8 Å². The van der Waals surface area contributed by atoms with Crippen LogP contribution >= 0.6 is 11.3 Å². The van der Waals surface area contributed by atoms with Crippen molar-refractivity contribution in [3.63, 3.8) is 0 Å². The molecule has 4 nitrogen and oxygen atoms in total. The van der Waals surface area contributed by atoms with E-state index in [1.807, 2.05) is 35.3 Å². The third-order valence-corrected chi connectivity index (χ3v) is 5.39. The van der Waals surface area contributed by atoms with Crippen molar-refractivity contribution in [3.05, 3.63) is 58.9 Å². The van der Waals surface area contributed by atoms with Crippen LogP contribution in [0.5, 0.6) is 0 Å². The van der Waals surface area contributed by atoms with Gasteiger partial charge >= 0.3 is 0 Å². The second-order valence-corrected chi connectivity index (χ2v) is 7.10. The maximum atomic E-state index is 4.89. The average Bonchev–Trinajstić information content (AvgIpc) is 3.29. The first-order chi connectivity index (χ1) is 11.8. The van der Waals surface area contributed by atoms with Gasteiger partial charge in [-0.05, 0) is 50.5 Å². The fraction of sp³-hybridized carbons (Fsp3) is 0.211. The van der Waals surface area contributed by atoms with Gasteiger partial charge in [-0.2, -0.15) is 5.10 Å². The number of fused-ring (bicyclic) bond motifs is 2. The van der Waals surface area contributed by atoms with Gasteiger partial charge in [0.25, 0.3) is 0 Å². The summed E-state index contributed by atoms with van der Waals surface area (Å²) >= 11 is 1.68. The van der Waals surface area contributed by atoms with E-state index < -0.39 is 0 Å². The highest BCUT2D eigenvalue weighted by Crippen LogP contribution is 2.35. The molecule has 0 N–H and O–H groups in total. The summed E-state index contributed by atoms with van der Waals surface area (Å²) in [6, 6.07) is 12.6. The molecule has 0 unspecified atom stereocenters. The Morgan fingerprint density at radius 3 is 3.00 bits per heavy atom. The number of aromatic nitrogens is 4. The summed E-state index contributed by atoms with van der Waals surface area (Å²) in [4.78, 5) is 9.08. The van der Waals surface area contributed by atoms with E-state index >= 15 is 0 Å². The fourth-order valence-corrected chi connectivity index (χ4v) is 4.22. The van der Waals surface area contributed by atoms with Gasteiger partial charge in [0.2, 0.25) is 0 Å². The van der Waals surface area contributed by atoms with Crippen LogP contribution in [0.2, 0.25) is 0 Å². The van der Waals surface area contributed by atoms with Crippen molar-refractivity contribution in [2.45, 2.75) is 26.2 Å². The Kier molecular flexibility index (Phi) is 3.03. The van der Waals surface area contributed by atoms with E-state index in [1.54, 1.807) is 11.3 Å². The summed E-state index contributed by atoms with van der Waals surface area (Å²) in [5, 5.41) is 4.89. The van der Waals surface area contributed by atoms with Gasteiger partial charge in [0.1, 0.15) is 0 Å². The molecule has 0 amide bonds. The Bertz CT molecular complexity index is 1060. The predicted molar refractivity (Wildman–Crippen MR) is 96.7 cm³/mol. The molecule has 0 radical (unpaired) electrons. The Hall–Kier alpha value is -2.53. The van der Waals surface area contributed by atoms with Crippen LogP contribution in [-0.4, -0.2) is 19.7 Å². The van der Waals surface area contributed by atoms with Gasteiger partial charge in [0.15, 0.2) is 5.82 Å². The standard InChI is InChI=1S/C19H16N4S/c1-12-4-2-7-18(21-12)23-19(14-5-3-6-15(14)22-23)13-8-9-16-17(10-13)24-11-20-16/h2,4,7-11H,3,5-6H2,1H3. The summed E-state index contributed by atoms with van der Waals surface area (Å²) in [5.74, 6) is 0.892. The Labute approximate surface area is 143 Å². The van der Waals surface area contributed by atoms with Crippen LogP contribution in [0.3, 0.4) is 0 Å². The van der Waals surface area contributed by atoms with Gasteiger partial charge in [-0.1, -0.05) is 12.1 Å². The molecule has 24 heavy (non-hydrogen) atoms. The molecule has 5 rings (SSSR count). The van der Waals surface area contributed by atoms with Crippen LogP contribution < -0.4 is 0 Å². The SMILES string of the molecule is Cc1cccc(-n2nc3c(c2-c2ccc4ncsc4c2)CCC3)n1. The molecular weight excluding hydrogens is 316 g/mol. The predicted octanol–water partition coefficient (Wildman–Crippen LogP) is 4.34.